The Labute approximate surface area is 383 Å². The fourth-order valence-corrected chi connectivity index (χ4v) is 8.88. The van der Waals surface area contributed by atoms with Crippen molar-refractivity contribution in [1.82, 2.24) is 4.90 Å². The molecule has 1 rings (SSSR count). The molecule has 4 nitrogen and oxygen atoms in total. The van der Waals surface area contributed by atoms with E-state index in [0.717, 1.165) is 87.5 Å². The van der Waals surface area contributed by atoms with Gasteiger partial charge in [-0.3, -0.25) is 0 Å². The first-order valence-corrected chi connectivity index (χ1v) is 26.9. The SMILES string of the molecule is CCCC1CCC([C@H](C)CCCC(C)C)[C@@H]1C.CCCCC/C=C\C/C=C\CCCCCCCCCCOCC(CN(C)CCC)OCCOCCC.CCC[C@H](C)CC.[HH].[HH]. The van der Waals surface area contributed by atoms with Crippen LogP contribution in [0, 0.1) is 35.5 Å². The highest BCUT2D eigenvalue weighted by atomic mass is 16.5. The van der Waals surface area contributed by atoms with Crippen LogP contribution in [-0.2, 0) is 14.2 Å². The van der Waals surface area contributed by atoms with Crippen LogP contribution in [0.1, 0.15) is 246 Å². The lowest BCUT2D eigenvalue weighted by Gasteiger charge is -2.26. The fraction of sp³-hybridized carbons (Fsp3) is 0.929. The molecule has 0 saturated heterocycles. The van der Waals surface area contributed by atoms with Crippen LogP contribution in [0.25, 0.3) is 0 Å². The molecule has 3 unspecified atom stereocenters. The van der Waals surface area contributed by atoms with Crippen molar-refractivity contribution in [3.63, 3.8) is 0 Å². The molecule has 1 fully saturated rings. The lowest BCUT2D eigenvalue weighted by molar-refractivity contribution is -0.0486. The Hall–Kier alpha value is -0.680. The molecule has 60 heavy (non-hydrogen) atoms. The van der Waals surface area contributed by atoms with Crippen LogP contribution >= 0.6 is 0 Å². The van der Waals surface area contributed by atoms with E-state index in [4.69, 9.17) is 14.2 Å². The Morgan fingerprint density at radius 1 is 0.600 bits per heavy atom. The molecular weight excluding hydrogens is 735 g/mol. The third kappa shape index (κ3) is 41.3. The average Bonchev–Trinajstić information content (AvgIpc) is 3.59. The molecule has 1 aliphatic rings. The number of nitrogens with zero attached hydrogens (tertiary/aromatic N) is 1. The monoisotopic (exact) mass is 852 g/mol. The minimum Gasteiger partial charge on any atom is -0.379 e. The number of hydrogen-bond acceptors (Lipinski definition) is 4. The van der Waals surface area contributed by atoms with E-state index in [0.29, 0.717) is 19.8 Å². The number of ether oxygens (including phenoxy) is 3. The van der Waals surface area contributed by atoms with Crippen molar-refractivity contribution in [2.45, 2.75) is 249 Å². The Morgan fingerprint density at radius 3 is 1.82 bits per heavy atom. The third-order valence-corrected chi connectivity index (χ3v) is 12.9. The highest BCUT2D eigenvalue weighted by molar-refractivity contribution is 4.92. The summed E-state index contributed by atoms with van der Waals surface area (Å²) in [6, 6.07) is 0. The Balaban J connectivity index is -0.000000532. The van der Waals surface area contributed by atoms with Gasteiger partial charge in [0.1, 0.15) is 0 Å². The zero-order valence-electron chi connectivity index (χ0n) is 43.4. The van der Waals surface area contributed by atoms with E-state index in [1.807, 2.05) is 0 Å². The molecule has 0 aromatic rings. The van der Waals surface area contributed by atoms with Crippen molar-refractivity contribution in [2.75, 3.05) is 53.2 Å². The van der Waals surface area contributed by atoms with Gasteiger partial charge in [-0.15, -0.1) is 0 Å². The Kier molecular flexibility index (Phi) is 48.9. The molecule has 0 aromatic heterocycles. The van der Waals surface area contributed by atoms with Crippen LogP contribution in [0.5, 0.6) is 0 Å². The normalized spacial score (nSPS) is 18.3. The van der Waals surface area contributed by atoms with Crippen LogP contribution in [0.2, 0.25) is 0 Å². The van der Waals surface area contributed by atoms with E-state index in [-0.39, 0.29) is 8.96 Å². The maximum Gasteiger partial charge on any atom is 0.0935 e. The topological polar surface area (TPSA) is 30.9 Å². The molecule has 6 atom stereocenters. The fourth-order valence-electron chi connectivity index (χ4n) is 8.88. The first-order valence-electron chi connectivity index (χ1n) is 26.9. The Bertz CT molecular complexity index is 885. The van der Waals surface area contributed by atoms with E-state index < -0.39 is 0 Å². The molecule has 364 valence electrons. The van der Waals surface area contributed by atoms with Gasteiger partial charge in [-0.1, -0.05) is 203 Å². The smallest absolute Gasteiger partial charge is 0.0935 e. The molecule has 0 radical (unpaired) electrons. The van der Waals surface area contributed by atoms with Gasteiger partial charge in [0.15, 0.2) is 0 Å². The molecule has 4 heteroatoms. The summed E-state index contributed by atoms with van der Waals surface area (Å²) in [6.07, 6.45) is 44.2. The van der Waals surface area contributed by atoms with Gasteiger partial charge in [-0.05, 0) is 113 Å². The summed E-state index contributed by atoms with van der Waals surface area (Å²) in [5, 5.41) is 0. The van der Waals surface area contributed by atoms with Crippen molar-refractivity contribution in [1.29, 1.82) is 0 Å². The van der Waals surface area contributed by atoms with E-state index in [9.17, 15) is 0 Å². The largest absolute Gasteiger partial charge is 0.379 e. The van der Waals surface area contributed by atoms with Gasteiger partial charge >= 0.3 is 0 Å². The Morgan fingerprint density at radius 2 is 1.25 bits per heavy atom. The zero-order valence-corrected chi connectivity index (χ0v) is 43.4. The predicted molar refractivity (Wildman–Crippen MR) is 275 cm³/mol. The third-order valence-electron chi connectivity index (χ3n) is 12.9. The van der Waals surface area contributed by atoms with Crippen LogP contribution in [0.15, 0.2) is 24.3 Å². The molecule has 0 heterocycles. The summed E-state index contributed by atoms with van der Waals surface area (Å²) in [6.45, 7) is 31.2. The van der Waals surface area contributed by atoms with Crippen molar-refractivity contribution < 1.29 is 17.1 Å². The van der Waals surface area contributed by atoms with Crippen molar-refractivity contribution in [3.05, 3.63) is 24.3 Å². The van der Waals surface area contributed by atoms with Gasteiger partial charge < -0.3 is 19.1 Å². The predicted octanol–water partition coefficient (Wildman–Crippen LogP) is 18.0. The van der Waals surface area contributed by atoms with Crippen LogP contribution < -0.4 is 0 Å². The van der Waals surface area contributed by atoms with E-state index in [1.54, 1.807) is 0 Å². The molecule has 0 bridgehead atoms. The number of hydrogen-bond donors (Lipinski definition) is 0. The van der Waals surface area contributed by atoms with E-state index in [2.05, 4.69) is 112 Å². The van der Waals surface area contributed by atoms with Crippen molar-refractivity contribution in [2.24, 2.45) is 35.5 Å². The number of allylic oxidation sites excluding steroid dienone is 4. The van der Waals surface area contributed by atoms with Gasteiger partial charge in [0, 0.05) is 22.6 Å². The molecule has 1 saturated carbocycles. The van der Waals surface area contributed by atoms with Gasteiger partial charge in [-0.2, -0.15) is 0 Å². The van der Waals surface area contributed by atoms with Gasteiger partial charge in [0.2, 0.25) is 0 Å². The second kappa shape index (κ2) is 47.8. The summed E-state index contributed by atoms with van der Waals surface area (Å²) in [5.41, 5.74) is 0. The summed E-state index contributed by atoms with van der Waals surface area (Å²) in [7, 11) is 2.17. The van der Waals surface area contributed by atoms with Crippen molar-refractivity contribution >= 4 is 0 Å². The second-order valence-corrected chi connectivity index (χ2v) is 19.5. The minimum atomic E-state index is 0. The van der Waals surface area contributed by atoms with Crippen LogP contribution in [0.3, 0.4) is 0 Å². The molecule has 0 aromatic carbocycles. The molecule has 0 aliphatic heterocycles. The zero-order chi connectivity index (χ0) is 44.9. The first kappa shape index (κ1) is 61.4. The lowest BCUT2D eigenvalue weighted by atomic mass is 9.79. The van der Waals surface area contributed by atoms with E-state index >= 15 is 0 Å². The summed E-state index contributed by atoms with van der Waals surface area (Å²) in [5.74, 6) is 5.85. The average molecular weight is 853 g/mol. The molecular formula is C56H117NO3. The minimum absolute atomic E-state index is 0. The maximum absolute atomic E-state index is 6.05. The molecule has 0 N–H and O–H groups in total. The first-order chi connectivity index (χ1) is 29.1. The highest BCUT2D eigenvalue weighted by Gasteiger charge is 2.34. The van der Waals surface area contributed by atoms with Crippen LogP contribution in [0.4, 0.5) is 0 Å². The molecule has 0 spiro atoms. The van der Waals surface area contributed by atoms with Gasteiger partial charge in [0.05, 0.1) is 25.9 Å². The summed E-state index contributed by atoms with van der Waals surface area (Å²) in [4.78, 5) is 2.34. The van der Waals surface area contributed by atoms with Gasteiger partial charge in [0.25, 0.3) is 0 Å². The standard InChI is InChI=1S/C32H63NO3.C17H34.C7H16.2H2/c1-5-8-9-10-11-12-13-14-15-16-17-18-19-20-21-22-23-24-27-35-31-32(30-33(4)25-6-2)36-29-28-34-26-7-3;1-6-8-16-11-12-17(15(16)5)14(4)10-7-9-13(2)3;1-4-6-7(3)5-2;;/h11-12,14-15,32H,5-10,13,16-31H2,1-4H3;13-17H,6-12H2,1-5H3;7H,4-6H2,1-3H3;2*1H/b12-11-,15-14-;;;;/t;14-,15-,16?,17?;7-;;/m.11../s1. The summed E-state index contributed by atoms with van der Waals surface area (Å²) >= 11 is 0. The number of rotatable bonds is 39. The van der Waals surface area contributed by atoms with Crippen molar-refractivity contribution in [3.8, 4) is 0 Å². The van der Waals surface area contributed by atoms with E-state index in [1.165, 1.54) is 141 Å². The van der Waals surface area contributed by atoms with Gasteiger partial charge in [-0.25, -0.2) is 0 Å². The maximum atomic E-state index is 6.05. The summed E-state index contributed by atoms with van der Waals surface area (Å²) < 4.78 is 17.6. The lowest BCUT2D eigenvalue weighted by Crippen LogP contribution is -2.35. The quantitative estimate of drug-likeness (QED) is 0.0455. The number of likely N-dealkylation sites (N-methyl/N-ethyl adjacent to an activating group) is 1. The molecule has 1 aliphatic carbocycles. The number of unbranched alkanes of at least 4 members (excludes halogenated alkanes) is 11. The van der Waals surface area contributed by atoms with Crippen LogP contribution in [-0.4, -0.2) is 64.2 Å². The highest BCUT2D eigenvalue weighted by Crippen LogP contribution is 2.44. The molecule has 0 amide bonds. The second-order valence-electron chi connectivity index (χ2n) is 19.5.